The summed E-state index contributed by atoms with van der Waals surface area (Å²) in [5.41, 5.74) is 8.51. The largest absolute Gasteiger partial charge is 0.332 e. The standard InChI is InChI=1S/C12H21N3/c1-12(2,3)11-9-5-4-8-15(9)10(14-11)6-7-13/h4-8,13H2,1-3H3. The van der Waals surface area contributed by atoms with Crippen LogP contribution in [-0.2, 0) is 24.8 Å². The maximum Gasteiger partial charge on any atom is 0.110 e. The van der Waals surface area contributed by atoms with Gasteiger partial charge in [-0.15, -0.1) is 0 Å². The number of nitrogens with zero attached hydrogens (tertiary/aromatic N) is 2. The molecule has 1 aromatic rings. The van der Waals surface area contributed by atoms with Gasteiger partial charge in [0.1, 0.15) is 5.82 Å². The number of hydrogen-bond acceptors (Lipinski definition) is 2. The van der Waals surface area contributed by atoms with Crippen LogP contribution in [0.5, 0.6) is 0 Å². The van der Waals surface area contributed by atoms with E-state index in [1.54, 1.807) is 0 Å². The van der Waals surface area contributed by atoms with Crippen LogP contribution in [0.4, 0.5) is 0 Å². The molecule has 84 valence electrons. The van der Waals surface area contributed by atoms with Crippen LogP contribution in [-0.4, -0.2) is 16.1 Å². The lowest BCUT2D eigenvalue weighted by Crippen LogP contribution is -2.14. The molecule has 0 aromatic carbocycles. The Balaban J connectivity index is 2.45. The average Bonchev–Trinajstić information content (AvgIpc) is 2.66. The first-order valence-electron chi connectivity index (χ1n) is 5.83. The summed E-state index contributed by atoms with van der Waals surface area (Å²) < 4.78 is 2.38. The Bertz CT molecular complexity index is 358. The zero-order valence-electron chi connectivity index (χ0n) is 10.0. The second-order valence-corrected chi connectivity index (χ2v) is 5.37. The lowest BCUT2D eigenvalue weighted by atomic mass is 9.90. The molecule has 0 atom stereocenters. The van der Waals surface area contributed by atoms with Gasteiger partial charge in [-0.25, -0.2) is 4.98 Å². The van der Waals surface area contributed by atoms with Crippen molar-refractivity contribution in [3.63, 3.8) is 0 Å². The highest BCUT2D eigenvalue weighted by atomic mass is 15.1. The van der Waals surface area contributed by atoms with Gasteiger partial charge in [-0.2, -0.15) is 0 Å². The molecular formula is C12H21N3. The van der Waals surface area contributed by atoms with Crippen molar-refractivity contribution >= 4 is 0 Å². The first kappa shape index (κ1) is 10.7. The predicted molar refractivity (Wildman–Crippen MR) is 62.0 cm³/mol. The van der Waals surface area contributed by atoms with Crippen LogP contribution in [0.2, 0.25) is 0 Å². The minimum absolute atomic E-state index is 0.161. The molecular weight excluding hydrogens is 186 g/mol. The first-order valence-corrected chi connectivity index (χ1v) is 5.83. The second-order valence-electron chi connectivity index (χ2n) is 5.37. The summed E-state index contributed by atoms with van der Waals surface area (Å²) in [5, 5.41) is 0. The van der Waals surface area contributed by atoms with Crippen LogP contribution in [0.3, 0.4) is 0 Å². The second kappa shape index (κ2) is 3.63. The normalized spacial score (nSPS) is 15.7. The molecule has 15 heavy (non-hydrogen) atoms. The van der Waals surface area contributed by atoms with Crippen molar-refractivity contribution < 1.29 is 0 Å². The fraction of sp³-hybridized carbons (Fsp3) is 0.750. The SMILES string of the molecule is CC(C)(C)c1nc(CCN)n2c1CCC2. The van der Waals surface area contributed by atoms with E-state index in [4.69, 9.17) is 10.7 Å². The van der Waals surface area contributed by atoms with Crippen LogP contribution in [0.1, 0.15) is 44.4 Å². The Morgan fingerprint density at radius 2 is 2.13 bits per heavy atom. The van der Waals surface area contributed by atoms with Gasteiger partial charge in [0, 0.05) is 24.1 Å². The van der Waals surface area contributed by atoms with E-state index >= 15 is 0 Å². The van der Waals surface area contributed by atoms with Gasteiger partial charge >= 0.3 is 0 Å². The molecule has 2 rings (SSSR count). The molecule has 0 unspecified atom stereocenters. The molecule has 0 amide bonds. The molecule has 0 bridgehead atoms. The summed E-state index contributed by atoms with van der Waals surface area (Å²) in [6.45, 7) is 8.54. The van der Waals surface area contributed by atoms with Crippen LogP contribution in [0, 0.1) is 0 Å². The number of rotatable bonds is 2. The van der Waals surface area contributed by atoms with E-state index in [0.29, 0.717) is 6.54 Å². The van der Waals surface area contributed by atoms with E-state index in [-0.39, 0.29) is 5.41 Å². The molecule has 2 N–H and O–H groups in total. The fourth-order valence-corrected chi connectivity index (χ4v) is 2.38. The summed E-state index contributed by atoms with van der Waals surface area (Å²) >= 11 is 0. The lowest BCUT2D eigenvalue weighted by Gasteiger charge is -2.16. The van der Waals surface area contributed by atoms with E-state index in [1.165, 1.54) is 30.1 Å². The molecule has 0 saturated carbocycles. The Hall–Kier alpha value is -0.830. The molecule has 0 saturated heterocycles. The molecule has 0 spiro atoms. The Labute approximate surface area is 91.7 Å². The topological polar surface area (TPSA) is 43.8 Å². The quantitative estimate of drug-likeness (QED) is 0.801. The van der Waals surface area contributed by atoms with Crippen molar-refractivity contribution in [3.05, 3.63) is 17.2 Å². The Morgan fingerprint density at radius 1 is 1.40 bits per heavy atom. The smallest absolute Gasteiger partial charge is 0.110 e. The Morgan fingerprint density at radius 3 is 2.73 bits per heavy atom. The summed E-state index contributed by atoms with van der Waals surface area (Å²) in [7, 11) is 0. The number of fused-ring (bicyclic) bond motifs is 1. The molecule has 3 nitrogen and oxygen atoms in total. The summed E-state index contributed by atoms with van der Waals surface area (Å²) in [5.74, 6) is 1.19. The molecule has 0 radical (unpaired) electrons. The number of hydrogen-bond donors (Lipinski definition) is 1. The van der Waals surface area contributed by atoms with Gasteiger partial charge < -0.3 is 10.3 Å². The van der Waals surface area contributed by atoms with E-state index in [0.717, 1.165) is 13.0 Å². The van der Waals surface area contributed by atoms with Crippen molar-refractivity contribution in [2.24, 2.45) is 5.73 Å². The van der Waals surface area contributed by atoms with Crippen molar-refractivity contribution in [3.8, 4) is 0 Å². The highest BCUT2D eigenvalue weighted by Crippen LogP contribution is 2.30. The zero-order chi connectivity index (χ0) is 11.1. The molecule has 1 aliphatic rings. The Kier molecular flexibility index (Phi) is 2.59. The van der Waals surface area contributed by atoms with Crippen LogP contribution in [0.25, 0.3) is 0 Å². The van der Waals surface area contributed by atoms with E-state index in [1.807, 2.05) is 0 Å². The van der Waals surface area contributed by atoms with Gasteiger partial charge in [0.15, 0.2) is 0 Å². The molecule has 0 fully saturated rings. The summed E-state index contributed by atoms with van der Waals surface area (Å²) in [6, 6.07) is 0. The number of imidazole rings is 1. The molecule has 1 aromatic heterocycles. The van der Waals surface area contributed by atoms with Gasteiger partial charge in [0.05, 0.1) is 5.69 Å². The van der Waals surface area contributed by atoms with E-state index in [2.05, 4.69) is 25.3 Å². The van der Waals surface area contributed by atoms with Crippen molar-refractivity contribution in [1.82, 2.24) is 9.55 Å². The van der Waals surface area contributed by atoms with Crippen LogP contribution >= 0.6 is 0 Å². The highest BCUT2D eigenvalue weighted by Gasteiger charge is 2.27. The van der Waals surface area contributed by atoms with Gasteiger partial charge in [-0.3, -0.25) is 0 Å². The van der Waals surface area contributed by atoms with Gasteiger partial charge in [-0.1, -0.05) is 20.8 Å². The lowest BCUT2D eigenvalue weighted by molar-refractivity contribution is 0.563. The predicted octanol–water partition coefficient (Wildman–Crippen LogP) is 1.63. The third-order valence-corrected chi connectivity index (χ3v) is 3.03. The van der Waals surface area contributed by atoms with Gasteiger partial charge in [-0.05, 0) is 19.4 Å². The van der Waals surface area contributed by atoms with Gasteiger partial charge in [0.2, 0.25) is 0 Å². The molecule has 0 aliphatic carbocycles. The van der Waals surface area contributed by atoms with Gasteiger partial charge in [0.25, 0.3) is 0 Å². The molecule has 1 aliphatic heterocycles. The van der Waals surface area contributed by atoms with E-state index in [9.17, 15) is 0 Å². The fourth-order valence-electron chi connectivity index (χ4n) is 2.38. The average molecular weight is 207 g/mol. The van der Waals surface area contributed by atoms with Crippen molar-refractivity contribution in [1.29, 1.82) is 0 Å². The molecule has 2 heterocycles. The maximum atomic E-state index is 5.62. The number of nitrogens with two attached hydrogens (primary N) is 1. The highest BCUT2D eigenvalue weighted by molar-refractivity contribution is 5.26. The minimum atomic E-state index is 0.161. The van der Waals surface area contributed by atoms with E-state index < -0.39 is 0 Å². The minimum Gasteiger partial charge on any atom is -0.332 e. The zero-order valence-corrected chi connectivity index (χ0v) is 10.0. The third-order valence-electron chi connectivity index (χ3n) is 3.03. The summed E-state index contributed by atoms with van der Waals surface area (Å²) in [6.07, 6.45) is 3.35. The monoisotopic (exact) mass is 207 g/mol. The molecule has 3 heteroatoms. The maximum absolute atomic E-state index is 5.62. The van der Waals surface area contributed by atoms with Crippen LogP contribution < -0.4 is 5.73 Å². The summed E-state index contributed by atoms with van der Waals surface area (Å²) in [4.78, 5) is 4.78. The number of aromatic nitrogens is 2. The third kappa shape index (κ3) is 1.81. The van der Waals surface area contributed by atoms with Crippen LogP contribution in [0.15, 0.2) is 0 Å². The first-order chi connectivity index (χ1) is 7.04. The van der Waals surface area contributed by atoms with Crippen molar-refractivity contribution in [2.45, 2.75) is 52.0 Å². The van der Waals surface area contributed by atoms with Crippen molar-refractivity contribution in [2.75, 3.05) is 6.54 Å².